The van der Waals surface area contributed by atoms with Gasteiger partial charge in [-0.25, -0.2) is 4.79 Å². The van der Waals surface area contributed by atoms with Crippen LogP contribution in [0.4, 0.5) is 4.79 Å². The third-order valence-corrected chi connectivity index (χ3v) is 7.35. The standard InChI is InChI=1S/C33H47N5O8S/c1-21(35-30(43)27(38-32(45)46-33(2,3)4)20-23-11-13-24(40)14-12-23)28(41)37-26(19-22-9-7-6-8-10-22)31(44)36-25(15-18-47-5)29(42)34-16-17-39/h6-14,21,25-27,39-40H,15-20H2,1-5H3,(H,34,42)(H,35,43)(H,36,44)(H,37,41)(H,38,45)/t21-,25+,26+,27+/m1/s1. The minimum absolute atomic E-state index is 0.0301. The van der Waals surface area contributed by atoms with Crippen LogP contribution in [0.2, 0.25) is 0 Å². The minimum Gasteiger partial charge on any atom is -0.508 e. The Morgan fingerprint density at radius 2 is 1.32 bits per heavy atom. The molecule has 0 bridgehead atoms. The van der Waals surface area contributed by atoms with E-state index in [0.717, 1.165) is 5.56 Å². The van der Waals surface area contributed by atoms with Crippen LogP contribution in [-0.4, -0.2) is 94.9 Å². The van der Waals surface area contributed by atoms with E-state index in [1.807, 2.05) is 12.3 Å². The summed E-state index contributed by atoms with van der Waals surface area (Å²) in [5.74, 6) is -1.77. The molecule has 258 valence electrons. The molecule has 47 heavy (non-hydrogen) atoms. The highest BCUT2D eigenvalue weighted by molar-refractivity contribution is 7.98. The number of nitrogens with one attached hydrogen (secondary N) is 5. The van der Waals surface area contributed by atoms with Crippen molar-refractivity contribution in [2.24, 2.45) is 0 Å². The summed E-state index contributed by atoms with van der Waals surface area (Å²) in [5, 5.41) is 31.9. The van der Waals surface area contributed by atoms with Gasteiger partial charge in [0.05, 0.1) is 6.61 Å². The van der Waals surface area contributed by atoms with Crippen molar-refractivity contribution in [2.45, 2.75) is 76.7 Å². The summed E-state index contributed by atoms with van der Waals surface area (Å²) < 4.78 is 5.32. The van der Waals surface area contributed by atoms with E-state index in [9.17, 15) is 29.1 Å². The van der Waals surface area contributed by atoms with Crippen molar-refractivity contribution in [3.05, 3.63) is 65.7 Å². The molecule has 0 fully saturated rings. The minimum atomic E-state index is -1.14. The Morgan fingerprint density at radius 3 is 1.89 bits per heavy atom. The lowest BCUT2D eigenvalue weighted by atomic mass is 10.0. The second-order valence-electron chi connectivity index (χ2n) is 11.9. The van der Waals surface area contributed by atoms with Crippen LogP contribution in [-0.2, 0) is 36.8 Å². The van der Waals surface area contributed by atoms with Crippen LogP contribution in [0.3, 0.4) is 0 Å². The molecule has 14 heteroatoms. The Labute approximate surface area is 280 Å². The van der Waals surface area contributed by atoms with Gasteiger partial charge in [0.1, 0.15) is 35.5 Å². The van der Waals surface area contributed by atoms with E-state index in [0.29, 0.717) is 17.7 Å². The average molecular weight is 674 g/mol. The maximum absolute atomic E-state index is 13.5. The van der Waals surface area contributed by atoms with Crippen LogP contribution in [0.5, 0.6) is 5.75 Å². The summed E-state index contributed by atoms with van der Waals surface area (Å²) in [6.45, 7) is 6.27. The van der Waals surface area contributed by atoms with Crippen molar-refractivity contribution in [2.75, 3.05) is 25.2 Å². The molecule has 13 nitrogen and oxygen atoms in total. The highest BCUT2D eigenvalue weighted by Gasteiger charge is 2.31. The summed E-state index contributed by atoms with van der Waals surface area (Å²) in [6.07, 6.45) is 1.52. The molecule has 2 aromatic carbocycles. The van der Waals surface area contributed by atoms with Gasteiger partial charge in [0.25, 0.3) is 0 Å². The summed E-state index contributed by atoms with van der Waals surface area (Å²) in [6, 6.07) is 10.9. The van der Waals surface area contributed by atoms with Crippen molar-refractivity contribution in [1.82, 2.24) is 26.6 Å². The van der Waals surface area contributed by atoms with Gasteiger partial charge in [-0.1, -0.05) is 42.5 Å². The van der Waals surface area contributed by atoms with E-state index in [2.05, 4.69) is 26.6 Å². The SMILES string of the molecule is CSCC[C@H](NC(=O)[C@H](Cc1ccccc1)NC(=O)[C@@H](C)NC(=O)[C@H](Cc1ccc(O)cc1)NC(=O)OC(C)(C)C)C(=O)NCCO. The number of ether oxygens (including phenoxy) is 1. The Kier molecular flexibility index (Phi) is 16.0. The number of carbonyl (C=O) groups excluding carboxylic acids is 5. The molecule has 0 aliphatic rings. The molecule has 0 heterocycles. The van der Waals surface area contributed by atoms with Gasteiger partial charge in [-0.2, -0.15) is 11.8 Å². The van der Waals surface area contributed by atoms with Crippen LogP contribution in [0, 0.1) is 0 Å². The van der Waals surface area contributed by atoms with Crippen molar-refractivity contribution >= 4 is 41.5 Å². The number of carbonyl (C=O) groups is 5. The fourth-order valence-corrected chi connectivity index (χ4v) is 4.81. The van der Waals surface area contributed by atoms with E-state index in [1.54, 1.807) is 57.2 Å². The van der Waals surface area contributed by atoms with Crippen LogP contribution in [0.15, 0.2) is 54.6 Å². The summed E-state index contributed by atoms with van der Waals surface area (Å²) in [4.78, 5) is 65.6. The van der Waals surface area contributed by atoms with Gasteiger partial charge < -0.3 is 41.5 Å². The maximum atomic E-state index is 13.5. The van der Waals surface area contributed by atoms with Gasteiger partial charge in [-0.15, -0.1) is 0 Å². The number of amides is 5. The number of alkyl carbamates (subject to hydrolysis) is 1. The van der Waals surface area contributed by atoms with Gasteiger partial charge in [0.15, 0.2) is 0 Å². The first-order valence-electron chi connectivity index (χ1n) is 15.3. The smallest absolute Gasteiger partial charge is 0.408 e. The lowest BCUT2D eigenvalue weighted by Gasteiger charge is -2.26. The molecular weight excluding hydrogens is 626 g/mol. The predicted octanol–water partition coefficient (Wildman–Crippen LogP) is 1.41. The van der Waals surface area contributed by atoms with Crippen LogP contribution >= 0.6 is 11.8 Å². The lowest BCUT2D eigenvalue weighted by Crippen LogP contribution is -2.58. The molecule has 5 amide bonds. The van der Waals surface area contributed by atoms with Crippen molar-refractivity contribution in [1.29, 1.82) is 0 Å². The van der Waals surface area contributed by atoms with E-state index < -0.39 is 59.5 Å². The highest BCUT2D eigenvalue weighted by atomic mass is 32.2. The zero-order valence-corrected chi connectivity index (χ0v) is 28.3. The van der Waals surface area contributed by atoms with Crippen LogP contribution in [0.1, 0.15) is 45.2 Å². The molecule has 4 atom stereocenters. The molecule has 0 saturated heterocycles. The second kappa shape index (κ2) is 19.4. The van der Waals surface area contributed by atoms with Crippen molar-refractivity contribution < 1.29 is 38.9 Å². The number of phenols is 1. The Hall–Kier alpha value is -4.30. The van der Waals surface area contributed by atoms with E-state index in [1.165, 1.54) is 30.8 Å². The number of aliphatic hydroxyl groups excluding tert-OH is 1. The van der Waals surface area contributed by atoms with E-state index >= 15 is 0 Å². The molecule has 0 unspecified atom stereocenters. The quantitative estimate of drug-likeness (QED) is 0.130. The number of hydrogen-bond acceptors (Lipinski definition) is 9. The molecular formula is C33H47N5O8S. The highest BCUT2D eigenvalue weighted by Crippen LogP contribution is 2.13. The fourth-order valence-electron chi connectivity index (χ4n) is 4.34. The molecule has 0 radical (unpaired) electrons. The number of aromatic hydroxyl groups is 1. The molecule has 2 rings (SSSR count). The largest absolute Gasteiger partial charge is 0.508 e. The average Bonchev–Trinajstić information content (AvgIpc) is 3.01. The molecule has 0 aliphatic carbocycles. The number of phenolic OH excluding ortho intramolecular Hbond substituents is 1. The van der Waals surface area contributed by atoms with Crippen molar-refractivity contribution in [3.63, 3.8) is 0 Å². The number of rotatable bonds is 17. The van der Waals surface area contributed by atoms with E-state index in [-0.39, 0.29) is 31.7 Å². The van der Waals surface area contributed by atoms with Crippen molar-refractivity contribution in [3.8, 4) is 5.75 Å². The number of aliphatic hydroxyl groups is 1. The maximum Gasteiger partial charge on any atom is 0.408 e. The summed E-state index contributed by atoms with van der Waals surface area (Å²) in [7, 11) is 0. The Balaban J connectivity index is 2.21. The zero-order valence-electron chi connectivity index (χ0n) is 27.5. The number of thioether (sulfide) groups is 1. The normalized spacial score (nSPS) is 13.7. The van der Waals surface area contributed by atoms with Crippen LogP contribution < -0.4 is 26.6 Å². The monoisotopic (exact) mass is 673 g/mol. The lowest BCUT2D eigenvalue weighted by molar-refractivity contribution is -0.133. The second-order valence-corrected chi connectivity index (χ2v) is 12.9. The van der Waals surface area contributed by atoms with Gasteiger partial charge in [-0.3, -0.25) is 19.2 Å². The molecule has 0 saturated carbocycles. The molecule has 2 aromatic rings. The first-order chi connectivity index (χ1) is 22.2. The molecule has 7 N–H and O–H groups in total. The predicted molar refractivity (Wildman–Crippen MR) is 180 cm³/mol. The van der Waals surface area contributed by atoms with Gasteiger partial charge in [0, 0.05) is 19.4 Å². The number of benzene rings is 2. The summed E-state index contributed by atoms with van der Waals surface area (Å²) >= 11 is 1.50. The third-order valence-electron chi connectivity index (χ3n) is 6.71. The van der Waals surface area contributed by atoms with Gasteiger partial charge in [-0.05, 0) is 69.4 Å². The molecule has 0 spiro atoms. The molecule has 0 aromatic heterocycles. The summed E-state index contributed by atoms with van der Waals surface area (Å²) in [5.41, 5.74) is 0.569. The van der Waals surface area contributed by atoms with Crippen LogP contribution in [0.25, 0.3) is 0 Å². The zero-order chi connectivity index (χ0) is 35.0. The van der Waals surface area contributed by atoms with Gasteiger partial charge >= 0.3 is 6.09 Å². The third kappa shape index (κ3) is 14.8. The Bertz CT molecular complexity index is 1320. The fraction of sp³-hybridized carbons (Fsp3) is 0.485. The molecule has 0 aliphatic heterocycles. The van der Waals surface area contributed by atoms with Gasteiger partial charge in [0.2, 0.25) is 23.6 Å². The first-order valence-corrected chi connectivity index (χ1v) is 16.7. The number of hydrogen-bond donors (Lipinski definition) is 7. The first kappa shape index (κ1) is 38.9. The topological polar surface area (TPSA) is 195 Å². The Morgan fingerprint density at radius 1 is 0.766 bits per heavy atom. The van der Waals surface area contributed by atoms with E-state index in [4.69, 9.17) is 9.84 Å².